The number of aliphatic carboxylic acids is 1. The molecular weight excluding hydrogens is 176 g/mol. The molecule has 0 aromatic rings. The van der Waals surface area contributed by atoms with Crippen molar-refractivity contribution in [3.05, 3.63) is 0 Å². The second kappa shape index (κ2) is 3.61. The summed E-state index contributed by atoms with van der Waals surface area (Å²) in [5.74, 6) is -0.794. The van der Waals surface area contributed by atoms with Crippen molar-refractivity contribution >= 4 is 5.97 Å². The Balaban J connectivity index is 0.000000185. The minimum absolute atomic E-state index is 0.135. The first-order valence-electron chi connectivity index (χ1n) is 4.40. The van der Waals surface area contributed by atoms with Crippen LogP contribution < -0.4 is 0 Å². The molecule has 1 N–H and O–H groups in total. The van der Waals surface area contributed by atoms with Crippen LogP contribution in [0.3, 0.4) is 0 Å². The summed E-state index contributed by atoms with van der Waals surface area (Å²) in [5, 5.41) is 8.62. The van der Waals surface area contributed by atoms with Crippen molar-refractivity contribution < 1.29 is 24.4 Å². The summed E-state index contributed by atoms with van der Waals surface area (Å²) in [5.41, 5.74) is 0. The number of rotatable bonds is 1. The van der Waals surface area contributed by atoms with E-state index < -0.39 is 5.97 Å². The summed E-state index contributed by atoms with van der Waals surface area (Å²) < 4.78 is 5.19. The van der Waals surface area contributed by atoms with E-state index in [1.165, 1.54) is 0 Å². The monoisotopic (exact) mass is 188 g/mol. The van der Waals surface area contributed by atoms with Crippen LogP contribution in [0.1, 0.15) is 19.3 Å². The molecule has 3 aliphatic rings. The third-order valence-electron chi connectivity index (χ3n) is 2.47. The lowest BCUT2D eigenvalue weighted by Gasteiger charge is -2.12. The molecule has 5 heteroatoms. The lowest BCUT2D eigenvalue weighted by Crippen LogP contribution is -2.21. The number of hydrogen-bond acceptors (Lipinski definition) is 4. The third-order valence-corrected chi connectivity index (χ3v) is 2.47. The van der Waals surface area contributed by atoms with Gasteiger partial charge in [0.15, 0.2) is 0 Å². The fourth-order valence-corrected chi connectivity index (χ4v) is 1.63. The maximum atomic E-state index is 10.5. The maximum Gasteiger partial charge on any atom is 0.306 e. The quantitative estimate of drug-likeness (QED) is 0.480. The molecular formula is C8H12O5. The first-order valence-corrected chi connectivity index (χ1v) is 4.40. The molecule has 0 bridgehead atoms. The zero-order chi connectivity index (χ0) is 9.26. The molecule has 0 spiro atoms. The van der Waals surface area contributed by atoms with Gasteiger partial charge >= 0.3 is 5.97 Å². The summed E-state index contributed by atoms with van der Waals surface area (Å²) in [6.45, 7) is 0.500. The highest BCUT2D eigenvalue weighted by Gasteiger charge is 2.45. The van der Waals surface area contributed by atoms with Crippen molar-refractivity contribution in [3.8, 4) is 0 Å². The summed E-state index contributed by atoms with van der Waals surface area (Å²) in [7, 11) is 0. The van der Waals surface area contributed by atoms with E-state index in [0.717, 1.165) is 19.3 Å². The molecule has 0 aromatic carbocycles. The van der Waals surface area contributed by atoms with Crippen LogP contribution in [0.2, 0.25) is 0 Å². The van der Waals surface area contributed by atoms with E-state index in [2.05, 4.69) is 9.78 Å². The number of fused-ring (bicyclic) bond motifs is 1. The Hall–Kier alpha value is -0.650. The Kier molecular flexibility index (Phi) is 2.48. The summed E-state index contributed by atoms with van der Waals surface area (Å²) in [6, 6.07) is 0. The number of carboxylic acids is 1. The number of carboxylic acid groups (broad SMARTS) is 1. The fraction of sp³-hybridized carbons (Fsp3) is 0.875. The van der Waals surface area contributed by atoms with Crippen LogP contribution in [0.15, 0.2) is 0 Å². The van der Waals surface area contributed by atoms with Gasteiger partial charge in [-0.1, -0.05) is 0 Å². The largest absolute Gasteiger partial charge is 0.481 e. The van der Waals surface area contributed by atoms with Gasteiger partial charge in [0, 0.05) is 0 Å². The predicted molar refractivity (Wildman–Crippen MR) is 40.7 cm³/mol. The van der Waals surface area contributed by atoms with Crippen LogP contribution in [0, 0.1) is 5.92 Å². The Morgan fingerprint density at radius 3 is 2.38 bits per heavy atom. The van der Waals surface area contributed by atoms with E-state index >= 15 is 0 Å². The van der Waals surface area contributed by atoms with Crippen LogP contribution in [0.25, 0.3) is 0 Å². The van der Waals surface area contributed by atoms with Crippen LogP contribution in [0.4, 0.5) is 0 Å². The van der Waals surface area contributed by atoms with Crippen molar-refractivity contribution in [2.75, 3.05) is 6.79 Å². The smallest absolute Gasteiger partial charge is 0.306 e. The Morgan fingerprint density at radius 2 is 1.92 bits per heavy atom. The average Bonchev–Trinajstić information content (AvgIpc) is 2.98. The van der Waals surface area contributed by atoms with Crippen LogP contribution in [-0.4, -0.2) is 30.1 Å². The van der Waals surface area contributed by atoms with Gasteiger partial charge in [-0.3, -0.25) is 4.79 Å². The second-order valence-electron chi connectivity index (χ2n) is 3.41. The molecule has 3 fully saturated rings. The second-order valence-corrected chi connectivity index (χ2v) is 3.41. The van der Waals surface area contributed by atoms with Crippen LogP contribution >= 0.6 is 0 Å². The normalized spacial score (nSPS) is 39.5. The summed E-state index contributed by atoms with van der Waals surface area (Å²) >= 11 is 0. The zero-order valence-electron chi connectivity index (χ0n) is 7.14. The first kappa shape index (κ1) is 8.93. The molecule has 3 unspecified atom stereocenters. The lowest BCUT2D eigenvalue weighted by molar-refractivity contribution is -0.142. The highest BCUT2D eigenvalue weighted by atomic mass is 17.4. The van der Waals surface area contributed by atoms with Gasteiger partial charge < -0.3 is 9.84 Å². The van der Waals surface area contributed by atoms with Crippen LogP contribution in [0.5, 0.6) is 0 Å². The lowest BCUT2D eigenvalue weighted by atomic mass is 9.90. The highest BCUT2D eigenvalue weighted by molar-refractivity contribution is 5.70. The molecule has 0 amide bonds. The highest BCUT2D eigenvalue weighted by Crippen LogP contribution is 2.39. The first-order chi connectivity index (χ1) is 6.27. The molecule has 5 nitrogen and oxygen atoms in total. The van der Waals surface area contributed by atoms with E-state index in [9.17, 15) is 4.79 Å². The van der Waals surface area contributed by atoms with Crippen molar-refractivity contribution in [2.45, 2.75) is 31.5 Å². The molecule has 1 saturated carbocycles. The average molecular weight is 188 g/mol. The van der Waals surface area contributed by atoms with Crippen molar-refractivity contribution in [1.29, 1.82) is 0 Å². The Morgan fingerprint density at radius 1 is 1.23 bits per heavy atom. The van der Waals surface area contributed by atoms with E-state index in [1.807, 2.05) is 0 Å². The molecule has 0 aromatic heterocycles. The maximum absolute atomic E-state index is 10.5. The topological polar surface area (TPSA) is 74.9 Å². The molecule has 2 aliphatic heterocycles. The zero-order valence-corrected chi connectivity index (χ0v) is 7.14. The number of epoxide rings is 1. The van der Waals surface area contributed by atoms with Gasteiger partial charge in [0.2, 0.25) is 6.79 Å². The minimum Gasteiger partial charge on any atom is -0.481 e. The van der Waals surface area contributed by atoms with E-state index in [-0.39, 0.29) is 12.0 Å². The number of hydrogen-bond donors (Lipinski definition) is 1. The summed E-state index contributed by atoms with van der Waals surface area (Å²) in [6.07, 6.45) is 3.18. The van der Waals surface area contributed by atoms with Crippen molar-refractivity contribution in [1.82, 2.24) is 0 Å². The Bertz CT molecular complexity index is 200. The Labute approximate surface area is 75.5 Å². The molecule has 1 aliphatic carbocycles. The van der Waals surface area contributed by atoms with E-state index in [4.69, 9.17) is 9.84 Å². The van der Waals surface area contributed by atoms with Gasteiger partial charge in [0.1, 0.15) is 0 Å². The van der Waals surface area contributed by atoms with E-state index in [1.54, 1.807) is 0 Å². The predicted octanol–water partition coefficient (Wildman–Crippen LogP) is 0.544. The van der Waals surface area contributed by atoms with Crippen molar-refractivity contribution in [2.24, 2.45) is 5.92 Å². The van der Waals surface area contributed by atoms with Gasteiger partial charge in [0.05, 0.1) is 18.1 Å². The standard InChI is InChI=1S/C7H10O3.CH2O2/c8-7(9)4-1-2-5-6(3-4)10-5;1-2-3-1/h4-6H,1-3H2,(H,8,9);1H2. The van der Waals surface area contributed by atoms with Crippen LogP contribution in [-0.2, 0) is 19.3 Å². The van der Waals surface area contributed by atoms with Gasteiger partial charge in [-0.2, -0.15) is 0 Å². The molecule has 2 saturated heterocycles. The van der Waals surface area contributed by atoms with Gasteiger partial charge in [-0.15, -0.1) is 0 Å². The van der Waals surface area contributed by atoms with E-state index in [0.29, 0.717) is 12.9 Å². The molecule has 74 valence electrons. The molecule has 3 atom stereocenters. The molecule has 2 heterocycles. The fourth-order valence-electron chi connectivity index (χ4n) is 1.63. The van der Waals surface area contributed by atoms with Crippen molar-refractivity contribution in [3.63, 3.8) is 0 Å². The summed E-state index contributed by atoms with van der Waals surface area (Å²) in [4.78, 5) is 18.5. The molecule has 0 radical (unpaired) electrons. The molecule has 3 rings (SSSR count). The van der Waals surface area contributed by atoms with Gasteiger partial charge in [-0.05, 0) is 19.3 Å². The van der Waals surface area contributed by atoms with Gasteiger partial charge in [-0.25, -0.2) is 9.78 Å². The minimum atomic E-state index is -0.658. The van der Waals surface area contributed by atoms with Gasteiger partial charge in [0.25, 0.3) is 0 Å². The third kappa shape index (κ3) is 2.65. The number of ether oxygens (including phenoxy) is 1. The number of carbonyl (C=O) groups is 1. The SMILES string of the molecule is C1OO1.O=C(O)C1CCC2OC2C1. The molecule has 13 heavy (non-hydrogen) atoms.